The molecular weight excluding hydrogens is 520 g/mol. The van der Waals surface area contributed by atoms with Gasteiger partial charge in [0.1, 0.15) is 6.17 Å². The molecule has 0 spiro atoms. The van der Waals surface area contributed by atoms with E-state index in [1.807, 2.05) is 6.07 Å². The number of benzene rings is 4. The zero-order valence-electron chi connectivity index (χ0n) is 20.0. The molecule has 7 heteroatoms. The number of fused-ring (bicyclic) bond motifs is 7. The largest absolute Gasteiger partial charge is 0.493 e. The average Bonchev–Trinajstić information content (AvgIpc) is 3.52. The molecule has 1 aromatic heterocycles. The Morgan fingerprint density at radius 2 is 1.67 bits per heavy atom. The molecule has 3 heterocycles. The molecule has 0 fully saturated rings. The highest BCUT2D eigenvalue weighted by molar-refractivity contribution is 9.10. The molecule has 2 aliphatic heterocycles. The summed E-state index contributed by atoms with van der Waals surface area (Å²) in [6.45, 7) is 0.247. The number of anilines is 1. The number of nitrogens with zero attached hydrogens (tertiary/aromatic N) is 2. The summed E-state index contributed by atoms with van der Waals surface area (Å²) < 4.78 is 26.5. The molecule has 7 rings (SSSR count). The third-order valence-electron chi connectivity index (χ3n) is 7.28. The maximum Gasteiger partial charge on any atom is 0.231 e. The van der Waals surface area contributed by atoms with Crippen molar-refractivity contribution in [3.05, 3.63) is 76.9 Å². The van der Waals surface area contributed by atoms with Gasteiger partial charge in [-0.2, -0.15) is 0 Å². The van der Waals surface area contributed by atoms with Gasteiger partial charge < -0.3 is 28.4 Å². The molecule has 6 nitrogen and oxygen atoms in total. The van der Waals surface area contributed by atoms with Gasteiger partial charge in [-0.1, -0.05) is 28.1 Å². The minimum absolute atomic E-state index is 0.174. The van der Waals surface area contributed by atoms with Crippen LogP contribution in [-0.4, -0.2) is 32.6 Å². The van der Waals surface area contributed by atoms with Gasteiger partial charge in [-0.3, -0.25) is 0 Å². The summed E-state index contributed by atoms with van der Waals surface area (Å²) in [6.07, 6.45) is 1.97. The lowest BCUT2D eigenvalue weighted by Gasteiger charge is -2.40. The summed E-state index contributed by atoms with van der Waals surface area (Å²) in [6, 6.07) is 21.1. The Labute approximate surface area is 216 Å². The molecule has 36 heavy (non-hydrogen) atoms. The van der Waals surface area contributed by atoms with Crippen molar-refractivity contribution in [3.8, 4) is 34.1 Å². The fraction of sp³-hybridized carbons (Fsp3) is 0.172. The van der Waals surface area contributed by atoms with Gasteiger partial charge in [-0.25, -0.2) is 0 Å². The molecule has 0 radical (unpaired) electrons. The van der Waals surface area contributed by atoms with Gasteiger partial charge >= 0.3 is 0 Å². The smallest absolute Gasteiger partial charge is 0.231 e. The lowest BCUT2D eigenvalue weighted by molar-refractivity contribution is 0.174. The van der Waals surface area contributed by atoms with Gasteiger partial charge in [-0.15, -0.1) is 0 Å². The summed E-state index contributed by atoms with van der Waals surface area (Å²) in [4.78, 5) is 2.33. The fourth-order valence-electron chi connectivity index (χ4n) is 5.73. The summed E-state index contributed by atoms with van der Waals surface area (Å²) in [7, 11) is 5.52. The zero-order chi connectivity index (χ0) is 24.6. The van der Waals surface area contributed by atoms with E-state index in [0.29, 0.717) is 5.75 Å². The van der Waals surface area contributed by atoms with E-state index in [2.05, 4.69) is 93.2 Å². The molecule has 0 amide bonds. The molecule has 5 aromatic rings. The second-order valence-corrected chi connectivity index (χ2v) is 9.98. The number of aromatic nitrogens is 1. The molecule has 1 unspecified atom stereocenters. The predicted molar refractivity (Wildman–Crippen MR) is 145 cm³/mol. The minimum atomic E-state index is -0.174. The van der Waals surface area contributed by atoms with E-state index in [1.54, 1.807) is 14.2 Å². The normalized spacial score (nSPS) is 15.8. The van der Waals surface area contributed by atoms with Crippen LogP contribution in [0.15, 0.2) is 71.3 Å². The van der Waals surface area contributed by atoms with Crippen molar-refractivity contribution < 1.29 is 18.9 Å². The van der Waals surface area contributed by atoms with Gasteiger partial charge in [-0.05, 0) is 59.5 Å². The Morgan fingerprint density at radius 1 is 0.861 bits per heavy atom. The number of hydrogen-bond acceptors (Lipinski definition) is 5. The van der Waals surface area contributed by atoms with Crippen LogP contribution in [0.1, 0.15) is 11.7 Å². The predicted octanol–water partition coefficient (Wildman–Crippen LogP) is 6.97. The fourth-order valence-corrected chi connectivity index (χ4v) is 6.11. The topological polar surface area (TPSA) is 45.1 Å². The first-order valence-electron chi connectivity index (χ1n) is 11.7. The van der Waals surface area contributed by atoms with E-state index in [1.165, 1.54) is 0 Å². The summed E-state index contributed by atoms with van der Waals surface area (Å²) in [5.41, 5.74) is 5.58. The van der Waals surface area contributed by atoms with Crippen molar-refractivity contribution >= 4 is 43.3 Å². The van der Waals surface area contributed by atoms with Gasteiger partial charge in [0.15, 0.2) is 23.0 Å². The van der Waals surface area contributed by atoms with E-state index >= 15 is 0 Å². The van der Waals surface area contributed by atoms with Crippen molar-refractivity contribution in [1.82, 2.24) is 4.57 Å². The third kappa shape index (κ3) is 2.89. The van der Waals surface area contributed by atoms with E-state index in [0.717, 1.165) is 65.8 Å². The molecule has 1 atom stereocenters. The highest BCUT2D eigenvalue weighted by atomic mass is 79.9. The standard InChI is InChI=1S/C29H23BrN2O4/c1-31-27-20(6-4-16-13-24-25(14-21(16)27)36-15-35-24)19-7-9-23(33-2)28(34-3)26(19)29(31)32-11-10-17-12-18(30)5-8-22(17)32/h4-14,29H,15H2,1-3H3. The van der Waals surface area contributed by atoms with E-state index in [9.17, 15) is 0 Å². The Morgan fingerprint density at radius 3 is 2.47 bits per heavy atom. The van der Waals surface area contributed by atoms with E-state index in [4.69, 9.17) is 18.9 Å². The second-order valence-electron chi connectivity index (χ2n) is 9.06. The Kier molecular flexibility index (Phi) is 4.66. The van der Waals surface area contributed by atoms with Crippen molar-refractivity contribution in [3.63, 3.8) is 0 Å². The second kappa shape index (κ2) is 7.83. The number of halogens is 1. The van der Waals surface area contributed by atoms with Crippen LogP contribution >= 0.6 is 15.9 Å². The molecular formula is C29H23BrN2O4. The van der Waals surface area contributed by atoms with Crippen molar-refractivity contribution in [2.75, 3.05) is 33.0 Å². The van der Waals surface area contributed by atoms with Gasteiger partial charge in [0.25, 0.3) is 0 Å². The van der Waals surface area contributed by atoms with Crippen molar-refractivity contribution in [1.29, 1.82) is 0 Å². The number of methoxy groups -OCH3 is 2. The van der Waals surface area contributed by atoms with Crippen molar-refractivity contribution in [2.24, 2.45) is 0 Å². The first-order valence-corrected chi connectivity index (χ1v) is 12.5. The van der Waals surface area contributed by atoms with E-state index < -0.39 is 0 Å². The van der Waals surface area contributed by atoms with Gasteiger partial charge in [0.05, 0.1) is 25.4 Å². The Bertz CT molecular complexity index is 1690. The number of hydrogen-bond donors (Lipinski definition) is 0. The van der Waals surface area contributed by atoms with Crippen LogP contribution in [-0.2, 0) is 0 Å². The van der Waals surface area contributed by atoms with Gasteiger partial charge in [0.2, 0.25) is 6.79 Å². The first kappa shape index (κ1) is 21.4. The third-order valence-corrected chi connectivity index (χ3v) is 7.78. The molecule has 0 saturated carbocycles. The van der Waals surface area contributed by atoms with Crippen LogP contribution in [0, 0.1) is 0 Å². The van der Waals surface area contributed by atoms with Crippen LogP contribution < -0.4 is 23.8 Å². The highest BCUT2D eigenvalue weighted by Gasteiger charge is 2.36. The monoisotopic (exact) mass is 542 g/mol. The van der Waals surface area contributed by atoms with Crippen LogP contribution in [0.2, 0.25) is 0 Å². The zero-order valence-corrected chi connectivity index (χ0v) is 21.6. The average molecular weight is 543 g/mol. The van der Waals surface area contributed by atoms with E-state index in [-0.39, 0.29) is 13.0 Å². The molecule has 0 saturated heterocycles. The maximum atomic E-state index is 6.00. The first-order chi connectivity index (χ1) is 17.6. The van der Waals surface area contributed by atoms with Gasteiger partial charge in [0, 0.05) is 39.6 Å². The summed E-state index contributed by atoms with van der Waals surface area (Å²) >= 11 is 3.61. The molecule has 0 N–H and O–H groups in total. The quantitative estimate of drug-likeness (QED) is 0.246. The SMILES string of the molecule is COc1ccc2c(c1OC)C(n1ccc3cc(Br)ccc31)N(C)c1c-2ccc2cc3c(cc12)OCO3. The van der Waals surface area contributed by atoms with Crippen LogP contribution in [0.5, 0.6) is 23.0 Å². The molecule has 180 valence electrons. The summed E-state index contributed by atoms with van der Waals surface area (Å²) in [5, 5.41) is 3.38. The maximum absolute atomic E-state index is 6.00. The molecule has 2 aliphatic rings. The number of ether oxygens (including phenoxy) is 4. The molecule has 0 aliphatic carbocycles. The lowest BCUT2D eigenvalue weighted by atomic mass is 9.87. The molecule has 0 bridgehead atoms. The Hall–Kier alpha value is -3.84. The highest BCUT2D eigenvalue weighted by Crippen LogP contribution is 2.54. The van der Waals surface area contributed by atoms with Crippen molar-refractivity contribution in [2.45, 2.75) is 6.17 Å². The Balaban J connectivity index is 1.57. The van der Waals surface area contributed by atoms with Crippen LogP contribution in [0.3, 0.4) is 0 Å². The molecule has 4 aromatic carbocycles. The van der Waals surface area contributed by atoms with Crippen LogP contribution in [0.4, 0.5) is 5.69 Å². The minimum Gasteiger partial charge on any atom is -0.493 e. The summed E-state index contributed by atoms with van der Waals surface area (Å²) in [5.74, 6) is 3.00. The van der Waals surface area contributed by atoms with Crippen LogP contribution in [0.25, 0.3) is 32.8 Å². The number of rotatable bonds is 3. The lowest BCUT2D eigenvalue weighted by Crippen LogP contribution is -2.33.